The molecule has 0 fully saturated rings. The second-order valence-corrected chi connectivity index (χ2v) is 5.78. The Morgan fingerprint density at radius 3 is 2.47 bits per heavy atom. The van der Waals surface area contributed by atoms with Crippen LogP contribution in [0.4, 0.5) is 0 Å². The van der Waals surface area contributed by atoms with Gasteiger partial charge in [0.2, 0.25) is 10.0 Å². The molecule has 0 amide bonds. The Hall–Kier alpha value is -0.990. The molecule has 0 aliphatic heterocycles. The normalized spacial score (nSPS) is 11.7. The summed E-state index contributed by atoms with van der Waals surface area (Å²) in [6, 6.07) is 6.65. The molecule has 3 N–H and O–H groups in total. The van der Waals surface area contributed by atoms with E-state index in [2.05, 4.69) is 9.56 Å². The quantitative estimate of drug-likeness (QED) is 0.508. The average molecular weight is 288 g/mol. The van der Waals surface area contributed by atoms with Gasteiger partial charge in [-0.1, -0.05) is 12.1 Å². The van der Waals surface area contributed by atoms with Gasteiger partial charge in [-0.05, 0) is 30.5 Å². The first-order chi connectivity index (χ1) is 9.10. The minimum absolute atomic E-state index is 0.252. The Labute approximate surface area is 113 Å². The van der Waals surface area contributed by atoms with Crippen molar-refractivity contribution in [3.63, 3.8) is 0 Å². The van der Waals surface area contributed by atoms with Crippen LogP contribution in [0.25, 0.3) is 0 Å². The summed E-state index contributed by atoms with van der Waals surface area (Å²) < 4.78 is 31.2. The van der Waals surface area contributed by atoms with Crippen LogP contribution in [0.2, 0.25) is 0 Å². The lowest BCUT2D eigenvalue weighted by Gasteiger charge is -2.07. The molecule has 0 bridgehead atoms. The van der Waals surface area contributed by atoms with Gasteiger partial charge in [0.1, 0.15) is 0 Å². The summed E-state index contributed by atoms with van der Waals surface area (Å²) >= 11 is 0. The number of nitrogens with one attached hydrogen (secondary N) is 1. The number of nitrogens with two attached hydrogens (primary N) is 1. The number of hydrogen-bond donors (Lipinski definition) is 2. The highest BCUT2D eigenvalue weighted by molar-refractivity contribution is 7.89. The zero-order chi connectivity index (χ0) is 14.1. The highest BCUT2D eigenvalue weighted by atomic mass is 32.2. The summed E-state index contributed by atoms with van der Waals surface area (Å²) in [6.45, 7) is 1.29. The maximum atomic E-state index is 11.9. The molecule has 6 nitrogen and oxygen atoms in total. The molecule has 0 unspecified atom stereocenters. The van der Waals surface area contributed by atoms with Gasteiger partial charge in [0, 0.05) is 20.3 Å². The van der Waals surface area contributed by atoms with E-state index < -0.39 is 10.0 Å². The van der Waals surface area contributed by atoms with Gasteiger partial charge in [0.25, 0.3) is 0 Å². The maximum absolute atomic E-state index is 11.9. The van der Waals surface area contributed by atoms with Crippen LogP contribution in [0.5, 0.6) is 0 Å². The fourth-order valence-electron chi connectivity index (χ4n) is 1.52. The molecule has 0 aliphatic rings. The number of methoxy groups -OCH3 is 1. The Morgan fingerprint density at radius 2 is 1.89 bits per heavy atom. The average Bonchev–Trinajstić information content (AvgIpc) is 2.42. The van der Waals surface area contributed by atoms with E-state index in [0.29, 0.717) is 32.6 Å². The largest absolute Gasteiger partial charge is 0.385 e. The molecule has 0 aromatic heterocycles. The smallest absolute Gasteiger partial charge is 0.240 e. The fraction of sp³-hybridized carbons (Fsp3) is 0.500. The van der Waals surface area contributed by atoms with E-state index in [1.54, 1.807) is 31.4 Å². The first-order valence-electron chi connectivity index (χ1n) is 5.99. The molecule has 0 spiro atoms. The second kappa shape index (κ2) is 8.23. The first kappa shape index (κ1) is 16.1. The lowest BCUT2D eigenvalue weighted by atomic mass is 10.2. The van der Waals surface area contributed by atoms with Crippen molar-refractivity contribution in [2.45, 2.75) is 17.7 Å². The SMILES string of the molecule is COCCCNS(=O)(=O)c1ccc(CCON)cc1. The molecule has 1 rings (SSSR count). The number of sulfonamides is 1. The van der Waals surface area contributed by atoms with Crippen LogP contribution >= 0.6 is 0 Å². The van der Waals surface area contributed by atoms with Crippen molar-refractivity contribution in [1.29, 1.82) is 0 Å². The van der Waals surface area contributed by atoms with E-state index in [0.717, 1.165) is 5.56 Å². The van der Waals surface area contributed by atoms with Gasteiger partial charge >= 0.3 is 0 Å². The summed E-state index contributed by atoms with van der Waals surface area (Å²) in [5.41, 5.74) is 0.976. The van der Waals surface area contributed by atoms with Crippen LogP contribution in [0.15, 0.2) is 29.2 Å². The molecule has 19 heavy (non-hydrogen) atoms. The molecular weight excluding hydrogens is 268 g/mol. The Kier molecular flexibility index (Phi) is 6.96. The molecule has 0 heterocycles. The Morgan fingerprint density at radius 1 is 1.21 bits per heavy atom. The van der Waals surface area contributed by atoms with Crippen molar-refractivity contribution < 1.29 is 18.0 Å². The fourth-order valence-corrected chi connectivity index (χ4v) is 2.59. The molecule has 0 aliphatic carbocycles. The van der Waals surface area contributed by atoms with Crippen molar-refractivity contribution in [2.75, 3.05) is 26.9 Å². The van der Waals surface area contributed by atoms with Crippen molar-refractivity contribution >= 4 is 10.0 Å². The molecule has 0 radical (unpaired) electrons. The van der Waals surface area contributed by atoms with Crippen molar-refractivity contribution in [3.05, 3.63) is 29.8 Å². The third-order valence-corrected chi connectivity index (χ3v) is 4.04. The van der Waals surface area contributed by atoms with E-state index in [-0.39, 0.29) is 4.90 Å². The van der Waals surface area contributed by atoms with Gasteiger partial charge in [-0.3, -0.25) is 0 Å². The topological polar surface area (TPSA) is 90.6 Å². The highest BCUT2D eigenvalue weighted by Crippen LogP contribution is 2.11. The van der Waals surface area contributed by atoms with E-state index in [1.807, 2.05) is 0 Å². The third kappa shape index (κ3) is 5.66. The van der Waals surface area contributed by atoms with E-state index >= 15 is 0 Å². The summed E-state index contributed by atoms with van der Waals surface area (Å²) in [5.74, 6) is 4.94. The molecule has 0 saturated heterocycles. The van der Waals surface area contributed by atoms with Gasteiger partial charge in [-0.25, -0.2) is 19.0 Å². The van der Waals surface area contributed by atoms with E-state index in [9.17, 15) is 8.42 Å². The van der Waals surface area contributed by atoms with Crippen molar-refractivity contribution in [2.24, 2.45) is 5.90 Å². The Balaban J connectivity index is 2.58. The lowest BCUT2D eigenvalue weighted by Crippen LogP contribution is -2.25. The zero-order valence-corrected chi connectivity index (χ0v) is 11.8. The Bertz CT molecular complexity index is 459. The van der Waals surface area contributed by atoms with Gasteiger partial charge in [0.05, 0.1) is 11.5 Å². The predicted octanol–water partition coefficient (Wildman–Crippen LogP) is 0.434. The second-order valence-electron chi connectivity index (χ2n) is 4.01. The monoisotopic (exact) mass is 288 g/mol. The maximum Gasteiger partial charge on any atom is 0.240 e. The van der Waals surface area contributed by atoms with Crippen molar-refractivity contribution in [1.82, 2.24) is 4.72 Å². The minimum Gasteiger partial charge on any atom is -0.385 e. The first-order valence-corrected chi connectivity index (χ1v) is 7.47. The summed E-state index contributed by atoms with van der Waals surface area (Å²) in [5, 5.41) is 0. The number of benzene rings is 1. The third-order valence-electron chi connectivity index (χ3n) is 2.56. The summed E-state index contributed by atoms with van der Waals surface area (Å²) in [6.07, 6.45) is 1.29. The van der Waals surface area contributed by atoms with Gasteiger partial charge in [-0.2, -0.15) is 0 Å². The zero-order valence-electron chi connectivity index (χ0n) is 11.0. The molecule has 7 heteroatoms. The van der Waals surface area contributed by atoms with Crippen molar-refractivity contribution in [3.8, 4) is 0 Å². The van der Waals surface area contributed by atoms with Crippen LogP contribution in [0.1, 0.15) is 12.0 Å². The van der Waals surface area contributed by atoms with E-state index in [1.165, 1.54) is 0 Å². The molecule has 0 atom stereocenters. The lowest BCUT2D eigenvalue weighted by molar-refractivity contribution is 0.141. The van der Waals surface area contributed by atoms with Gasteiger partial charge in [0.15, 0.2) is 0 Å². The van der Waals surface area contributed by atoms with Gasteiger partial charge in [-0.15, -0.1) is 0 Å². The van der Waals surface area contributed by atoms with Crippen LogP contribution in [0, 0.1) is 0 Å². The van der Waals surface area contributed by atoms with Gasteiger partial charge < -0.3 is 9.57 Å². The van der Waals surface area contributed by atoms with Crippen LogP contribution in [-0.2, 0) is 26.0 Å². The molecule has 108 valence electrons. The van der Waals surface area contributed by atoms with Crippen LogP contribution in [0.3, 0.4) is 0 Å². The molecule has 0 saturated carbocycles. The standard InChI is InChI=1S/C12H20N2O4S/c1-17-9-2-8-14-19(15,16)12-5-3-11(4-6-12)7-10-18-13/h3-6,14H,2,7-10,13H2,1H3. The van der Waals surface area contributed by atoms with E-state index in [4.69, 9.17) is 10.6 Å². The number of hydrogen-bond acceptors (Lipinski definition) is 5. The van der Waals surface area contributed by atoms with Crippen LogP contribution < -0.4 is 10.6 Å². The summed E-state index contributed by atoms with van der Waals surface area (Å²) in [7, 11) is -1.86. The molecule has 1 aromatic rings. The minimum atomic E-state index is -3.44. The predicted molar refractivity (Wildman–Crippen MR) is 72.0 cm³/mol. The van der Waals surface area contributed by atoms with Crippen LogP contribution in [-0.4, -0.2) is 35.3 Å². The summed E-state index contributed by atoms with van der Waals surface area (Å²) in [4.78, 5) is 4.73. The number of rotatable bonds is 9. The highest BCUT2D eigenvalue weighted by Gasteiger charge is 2.12. The molecule has 1 aromatic carbocycles. The molecular formula is C12H20N2O4S. The number of ether oxygens (including phenoxy) is 1.